The van der Waals surface area contributed by atoms with E-state index in [1.807, 2.05) is 12.1 Å². The molecule has 1 unspecified atom stereocenters. The van der Waals surface area contributed by atoms with Crippen molar-refractivity contribution < 1.29 is 4.92 Å². The summed E-state index contributed by atoms with van der Waals surface area (Å²) in [6, 6.07) is 13.0. The lowest BCUT2D eigenvalue weighted by Crippen LogP contribution is -1.99. The van der Waals surface area contributed by atoms with Gasteiger partial charge < -0.3 is 0 Å². The maximum absolute atomic E-state index is 10.6. The third-order valence-electron chi connectivity index (χ3n) is 3.12. The predicted molar refractivity (Wildman–Crippen MR) is 92.4 cm³/mol. The minimum Gasteiger partial charge on any atom is -0.258 e. The Balaban J connectivity index is 2.17. The number of nitro groups is 1. The number of non-ortho nitro benzene ring substituents is 1. The zero-order valence-electron chi connectivity index (χ0n) is 10.8. The van der Waals surface area contributed by atoms with Gasteiger partial charge in [-0.15, -0.1) is 0 Å². The molecule has 0 saturated carbocycles. The van der Waals surface area contributed by atoms with Crippen molar-refractivity contribution in [3.05, 3.63) is 72.8 Å². The van der Waals surface area contributed by atoms with Crippen LogP contribution < -0.4 is 0 Å². The van der Waals surface area contributed by atoms with Crippen LogP contribution in [0.1, 0.15) is 21.5 Å². The van der Waals surface area contributed by atoms with Gasteiger partial charge in [0.2, 0.25) is 0 Å². The van der Waals surface area contributed by atoms with E-state index >= 15 is 0 Å². The number of hydrogen-bond donors (Lipinski definition) is 0. The van der Waals surface area contributed by atoms with Crippen LogP contribution >= 0.6 is 38.5 Å². The second-order valence-corrected chi connectivity index (χ2v) is 6.76. The number of benzene rings is 2. The molecule has 0 aromatic heterocycles. The second kappa shape index (κ2) is 6.67. The fourth-order valence-electron chi connectivity index (χ4n) is 1.98. The third kappa shape index (κ3) is 3.58. The Bertz CT molecular complexity index is 628. The van der Waals surface area contributed by atoms with Crippen molar-refractivity contribution >= 4 is 44.2 Å². The molecule has 1 atom stereocenters. The Hall–Kier alpha value is -0.950. The summed E-state index contributed by atoms with van der Waals surface area (Å²) in [5, 5.41) is 10.6. The molecule has 0 aliphatic rings. The monoisotopic (exact) mass is 445 g/mol. The van der Waals surface area contributed by atoms with Crippen molar-refractivity contribution in [2.45, 2.75) is 18.2 Å². The molecule has 0 spiro atoms. The minimum absolute atomic E-state index is 0.130. The summed E-state index contributed by atoms with van der Waals surface area (Å²) in [4.78, 5) is 10.5. The van der Waals surface area contributed by atoms with Crippen LogP contribution in [0.3, 0.4) is 0 Å². The maximum atomic E-state index is 10.6. The number of hydrogen-bond acceptors (Lipinski definition) is 2. The van der Waals surface area contributed by atoms with Crippen LogP contribution in [0.5, 0.6) is 0 Å². The van der Waals surface area contributed by atoms with E-state index in [-0.39, 0.29) is 15.4 Å². The van der Waals surface area contributed by atoms with Crippen molar-refractivity contribution in [1.82, 2.24) is 0 Å². The summed E-state index contributed by atoms with van der Waals surface area (Å²) in [6.07, 6.45) is 0.803. The molecule has 2 rings (SSSR count). The molecule has 104 valence electrons. The number of rotatable bonds is 4. The zero-order chi connectivity index (χ0) is 14.7. The lowest BCUT2D eigenvalue weighted by atomic mass is 10.0. The van der Waals surface area contributed by atoms with Crippen LogP contribution in [0.4, 0.5) is 5.69 Å². The standard InChI is InChI=1S/C15H13BrINO2/c1-10-3-2-4-13(15(10)17)14(16)9-11-5-7-12(8-6-11)18(19)20/h2-8,14H,9H2,1H3. The number of alkyl halides is 1. The topological polar surface area (TPSA) is 43.1 Å². The summed E-state index contributed by atoms with van der Waals surface area (Å²) < 4.78 is 1.26. The summed E-state index contributed by atoms with van der Waals surface area (Å²) in [7, 11) is 0. The first-order chi connectivity index (χ1) is 9.49. The van der Waals surface area contributed by atoms with Gasteiger partial charge in [-0.3, -0.25) is 10.1 Å². The molecule has 0 aliphatic heterocycles. The fourth-order valence-corrected chi connectivity index (χ4v) is 3.90. The third-order valence-corrected chi connectivity index (χ3v) is 5.41. The molecule has 0 heterocycles. The highest BCUT2D eigenvalue weighted by molar-refractivity contribution is 14.1. The van der Waals surface area contributed by atoms with Crippen molar-refractivity contribution in [2.75, 3.05) is 0 Å². The smallest absolute Gasteiger partial charge is 0.258 e. The van der Waals surface area contributed by atoms with Gasteiger partial charge in [0.05, 0.1) is 4.92 Å². The normalized spacial score (nSPS) is 12.2. The quantitative estimate of drug-likeness (QED) is 0.281. The van der Waals surface area contributed by atoms with E-state index in [4.69, 9.17) is 0 Å². The Morgan fingerprint density at radius 2 is 1.90 bits per heavy atom. The van der Waals surface area contributed by atoms with E-state index in [0.717, 1.165) is 12.0 Å². The van der Waals surface area contributed by atoms with Crippen LogP contribution in [-0.4, -0.2) is 4.92 Å². The van der Waals surface area contributed by atoms with E-state index < -0.39 is 0 Å². The van der Waals surface area contributed by atoms with Crippen LogP contribution in [0.2, 0.25) is 0 Å². The molecular weight excluding hydrogens is 433 g/mol. The van der Waals surface area contributed by atoms with Gasteiger partial charge in [-0.2, -0.15) is 0 Å². The Kier molecular flexibility index (Phi) is 5.15. The van der Waals surface area contributed by atoms with E-state index in [0.29, 0.717) is 0 Å². The molecule has 0 amide bonds. The first-order valence-corrected chi connectivity index (χ1v) is 8.11. The maximum Gasteiger partial charge on any atom is 0.269 e. The van der Waals surface area contributed by atoms with Gasteiger partial charge in [-0.05, 0) is 52.6 Å². The molecule has 3 nitrogen and oxygen atoms in total. The minimum atomic E-state index is -0.376. The van der Waals surface area contributed by atoms with Gasteiger partial charge in [-0.25, -0.2) is 0 Å². The molecule has 0 saturated heterocycles. The summed E-state index contributed by atoms with van der Waals surface area (Å²) in [6.45, 7) is 2.09. The average Bonchev–Trinajstić information content (AvgIpc) is 2.42. The van der Waals surface area contributed by atoms with E-state index in [1.165, 1.54) is 14.7 Å². The Labute approximate surface area is 139 Å². The highest BCUT2D eigenvalue weighted by Gasteiger charge is 2.13. The van der Waals surface area contributed by atoms with Crippen LogP contribution in [0, 0.1) is 20.6 Å². The highest BCUT2D eigenvalue weighted by Crippen LogP contribution is 2.32. The van der Waals surface area contributed by atoms with Crippen molar-refractivity contribution in [3.63, 3.8) is 0 Å². The van der Waals surface area contributed by atoms with Gasteiger partial charge in [0.25, 0.3) is 5.69 Å². The number of nitrogens with zero attached hydrogens (tertiary/aromatic N) is 1. The lowest BCUT2D eigenvalue weighted by molar-refractivity contribution is -0.384. The van der Waals surface area contributed by atoms with Gasteiger partial charge >= 0.3 is 0 Å². The second-order valence-electron chi connectivity index (χ2n) is 4.57. The predicted octanol–water partition coefficient (Wildman–Crippen LogP) is 5.19. The number of nitro benzene ring substituents is 1. The molecule has 0 radical (unpaired) electrons. The molecule has 5 heteroatoms. The van der Waals surface area contributed by atoms with Gasteiger partial charge in [0.1, 0.15) is 0 Å². The van der Waals surface area contributed by atoms with Gasteiger partial charge in [0, 0.05) is 20.5 Å². The van der Waals surface area contributed by atoms with Crippen molar-refractivity contribution in [1.29, 1.82) is 0 Å². The molecule has 0 aliphatic carbocycles. The lowest BCUT2D eigenvalue weighted by Gasteiger charge is -2.14. The largest absolute Gasteiger partial charge is 0.269 e. The Morgan fingerprint density at radius 3 is 2.50 bits per heavy atom. The van der Waals surface area contributed by atoms with Crippen LogP contribution in [-0.2, 0) is 6.42 Å². The SMILES string of the molecule is Cc1cccc(C(Br)Cc2ccc([N+](=O)[O-])cc2)c1I. The van der Waals surface area contributed by atoms with Crippen LogP contribution in [0.25, 0.3) is 0 Å². The zero-order valence-corrected chi connectivity index (χ0v) is 14.6. The van der Waals surface area contributed by atoms with E-state index in [1.54, 1.807) is 12.1 Å². The molecular formula is C15H13BrINO2. The van der Waals surface area contributed by atoms with Crippen LogP contribution in [0.15, 0.2) is 42.5 Å². The summed E-state index contributed by atoms with van der Waals surface area (Å²) in [5.74, 6) is 0. The van der Waals surface area contributed by atoms with Gasteiger partial charge in [-0.1, -0.05) is 46.3 Å². The Morgan fingerprint density at radius 1 is 1.25 bits per heavy atom. The molecule has 0 bridgehead atoms. The van der Waals surface area contributed by atoms with E-state index in [9.17, 15) is 10.1 Å². The fraction of sp³-hybridized carbons (Fsp3) is 0.200. The first-order valence-electron chi connectivity index (χ1n) is 6.11. The summed E-state index contributed by atoms with van der Waals surface area (Å²) in [5.41, 5.74) is 3.72. The number of halogens is 2. The van der Waals surface area contributed by atoms with Crippen molar-refractivity contribution in [2.24, 2.45) is 0 Å². The number of aryl methyl sites for hydroxylation is 1. The molecule has 20 heavy (non-hydrogen) atoms. The van der Waals surface area contributed by atoms with E-state index in [2.05, 4.69) is 63.6 Å². The van der Waals surface area contributed by atoms with Crippen molar-refractivity contribution in [3.8, 4) is 0 Å². The first kappa shape index (κ1) is 15.4. The summed E-state index contributed by atoms with van der Waals surface area (Å²) >= 11 is 6.07. The highest BCUT2D eigenvalue weighted by atomic mass is 127. The van der Waals surface area contributed by atoms with Gasteiger partial charge in [0.15, 0.2) is 0 Å². The molecule has 0 fully saturated rings. The molecule has 2 aromatic carbocycles. The molecule has 0 N–H and O–H groups in total. The molecule has 2 aromatic rings. The average molecular weight is 446 g/mol.